The molecule has 3 rings (SSSR count). The van der Waals surface area contributed by atoms with E-state index in [0.29, 0.717) is 19.7 Å². The van der Waals surface area contributed by atoms with Crippen molar-refractivity contribution in [1.29, 1.82) is 0 Å². The zero-order valence-corrected chi connectivity index (χ0v) is 13.0. The van der Waals surface area contributed by atoms with E-state index in [-0.39, 0.29) is 24.2 Å². The van der Waals surface area contributed by atoms with Crippen molar-refractivity contribution in [1.82, 2.24) is 4.90 Å². The third-order valence-corrected chi connectivity index (χ3v) is 4.80. The van der Waals surface area contributed by atoms with Crippen LogP contribution >= 0.6 is 0 Å². The first-order chi connectivity index (χ1) is 10.7. The molecule has 3 atom stereocenters. The van der Waals surface area contributed by atoms with Gasteiger partial charge in [0, 0.05) is 25.8 Å². The second kappa shape index (κ2) is 6.77. The lowest BCUT2D eigenvalue weighted by Crippen LogP contribution is -2.56. The van der Waals surface area contributed by atoms with Gasteiger partial charge >= 0.3 is 0 Å². The number of fused-ring (bicyclic) bond motifs is 1. The maximum atomic E-state index is 12.8. The smallest absolute Gasteiger partial charge is 0.254 e. The topological polar surface area (TPSA) is 64.8 Å². The van der Waals surface area contributed by atoms with E-state index in [2.05, 4.69) is 0 Å². The summed E-state index contributed by atoms with van der Waals surface area (Å²) in [4.78, 5) is 14.8. The molecule has 1 aromatic rings. The van der Waals surface area contributed by atoms with Crippen LogP contribution in [-0.4, -0.2) is 49.3 Å². The molecule has 1 heterocycles. The van der Waals surface area contributed by atoms with Crippen molar-refractivity contribution in [3.63, 3.8) is 0 Å². The highest BCUT2D eigenvalue weighted by molar-refractivity contribution is 5.94. The molecule has 0 bridgehead atoms. The standard InChI is InChI=1S/C17H24N2O3/c1-21-14-6-7-16-15(10-14)19(8-9-22-16)17(20)13-4-2-12(11-18)3-5-13/h2-5,14-16H,6-11,18H2,1H3. The van der Waals surface area contributed by atoms with Gasteiger partial charge in [0.1, 0.15) is 0 Å². The molecule has 1 saturated carbocycles. The third-order valence-electron chi connectivity index (χ3n) is 4.80. The van der Waals surface area contributed by atoms with Crippen LogP contribution in [0.2, 0.25) is 0 Å². The lowest BCUT2D eigenvalue weighted by Gasteiger charge is -2.45. The van der Waals surface area contributed by atoms with Crippen LogP contribution in [0.25, 0.3) is 0 Å². The van der Waals surface area contributed by atoms with E-state index in [1.165, 1.54) is 0 Å². The van der Waals surface area contributed by atoms with Crippen molar-refractivity contribution in [3.05, 3.63) is 35.4 Å². The van der Waals surface area contributed by atoms with Gasteiger partial charge < -0.3 is 20.1 Å². The van der Waals surface area contributed by atoms with Gasteiger partial charge in [-0.1, -0.05) is 12.1 Å². The van der Waals surface area contributed by atoms with Gasteiger partial charge in [-0.2, -0.15) is 0 Å². The highest BCUT2D eigenvalue weighted by Gasteiger charge is 2.40. The largest absolute Gasteiger partial charge is 0.381 e. The molecule has 3 unspecified atom stereocenters. The van der Waals surface area contributed by atoms with Crippen molar-refractivity contribution >= 4 is 5.91 Å². The number of nitrogens with zero attached hydrogens (tertiary/aromatic N) is 1. The van der Waals surface area contributed by atoms with Crippen LogP contribution in [0.3, 0.4) is 0 Å². The van der Waals surface area contributed by atoms with Crippen LogP contribution in [0.4, 0.5) is 0 Å². The highest BCUT2D eigenvalue weighted by atomic mass is 16.5. The molecule has 1 aliphatic carbocycles. The number of carbonyl (C=O) groups is 1. The van der Waals surface area contributed by atoms with Crippen LogP contribution in [0.5, 0.6) is 0 Å². The zero-order chi connectivity index (χ0) is 15.5. The van der Waals surface area contributed by atoms with E-state index in [1.807, 2.05) is 29.2 Å². The first-order valence-electron chi connectivity index (χ1n) is 7.97. The van der Waals surface area contributed by atoms with Crippen LogP contribution in [0, 0.1) is 0 Å². The van der Waals surface area contributed by atoms with E-state index >= 15 is 0 Å². The Morgan fingerprint density at radius 1 is 1.36 bits per heavy atom. The second-order valence-electron chi connectivity index (χ2n) is 6.05. The molecule has 2 N–H and O–H groups in total. The van der Waals surface area contributed by atoms with Gasteiger partial charge in [0.05, 0.1) is 24.9 Å². The highest BCUT2D eigenvalue weighted by Crippen LogP contribution is 2.31. The normalized spacial score (nSPS) is 28.3. The van der Waals surface area contributed by atoms with Gasteiger partial charge in [-0.15, -0.1) is 0 Å². The second-order valence-corrected chi connectivity index (χ2v) is 6.05. The number of rotatable bonds is 3. The minimum atomic E-state index is 0.0821. The van der Waals surface area contributed by atoms with Crippen LogP contribution in [0.15, 0.2) is 24.3 Å². The minimum Gasteiger partial charge on any atom is -0.381 e. The van der Waals surface area contributed by atoms with Gasteiger partial charge in [-0.25, -0.2) is 0 Å². The van der Waals surface area contributed by atoms with E-state index < -0.39 is 0 Å². The summed E-state index contributed by atoms with van der Waals surface area (Å²) < 4.78 is 11.4. The van der Waals surface area contributed by atoms with Crippen molar-refractivity contribution in [2.75, 3.05) is 20.3 Å². The Morgan fingerprint density at radius 2 is 2.14 bits per heavy atom. The summed E-state index contributed by atoms with van der Waals surface area (Å²) in [6.45, 7) is 1.76. The number of hydrogen-bond donors (Lipinski definition) is 1. The fourth-order valence-corrected chi connectivity index (χ4v) is 3.49. The molecular formula is C17H24N2O3. The zero-order valence-electron chi connectivity index (χ0n) is 13.0. The molecule has 2 aliphatic rings. The molecule has 5 nitrogen and oxygen atoms in total. The van der Waals surface area contributed by atoms with E-state index in [9.17, 15) is 4.79 Å². The summed E-state index contributed by atoms with van der Waals surface area (Å²) in [6.07, 6.45) is 3.18. The average molecular weight is 304 g/mol. The summed E-state index contributed by atoms with van der Waals surface area (Å²) in [5.74, 6) is 0.0821. The number of carbonyl (C=O) groups excluding carboxylic acids is 1. The number of morpholine rings is 1. The van der Waals surface area contributed by atoms with Crippen molar-refractivity contribution in [2.24, 2.45) is 5.73 Å². The van der Waals surface area contributed by atoms with E-state index in [1.54, 1.807) is 7.11 Å². The maximum Gasteiger partial charge on any atom is 0.254 e. The van der Waals surface area contributed by atoms with Crippen molar-refractivity contribution in [3.8, 4) is 0 Å². The maximum absolute atomic E-state index is 12.8. The van der Waals surface area contributed by atoms with Crippen molar-refractivity contribution in [2.45, 2.75) is 44.1 Å². The molecule has 1 saturated heterocycles. The number of methoxy groups -OCH3 is 1. The van der Waals surface area contributed by atoms with Crippen LogP contribution in [-0.2, 0) is 16.0 Å². The summed E-state index contributed by atoms with van der Waals surface area (Å²) >= 11 is 0. The van der Waals surface area contributed by atoms with E-state index in [0.717, 1.165) is 30.4 Å². The van der Waals surface area contributed by atoms with Gasteiger partial charge in [0.2, 0.25) is 0 Å². The molecule has 22 heavy (non-hydrogen) atoms. The summed E-state index contributed by atoms with van der Waals surface area (Å²) in [5, 5.41) is 0. The Kier molecular flexibility index (Phi) is 4.76. The number of nitrogens with two attached hydrogens (primary N) is 1. The average Bonchev–Trinajstić information content (AvgIpc) is 2.60. The number of benzene rings is 1. The monoisotopic (exact) mass is 304 g/mol. The summed E-state index contributed by atoms with van der Waals surface area (Å²) in [7, 11) is 1.74. The number of hydrogen-bond acceptors (Lipinski definition) is 4. The predicted octanol–water partition coefficient (Wildman–Crippen LogP) is 1.55. The van der Waals surface area contributed by atoms with E-state index in [4.69, 9.17) is 15.2 Å². The van der Waals surface area contributed by atoms with Crippen LogP contribution < -0.4 is 5.73 Å². The van der Waals surface area contributed by atoms with Crippen molar-refractivity contribution < 1.29 is 14.3 Å². The Balaban J connectivity index is 1.77. The van der Waals surface area contributed by atoms with Crippen LogP contribution in [0.1, 0.15) is 35.2 Å². The summed E-state index contributed by atoms with van der Waals surface area (Å²) in [5.41, 5.74) is 7.37. The molecule has 5 heteroatoms. The molecule has 0 radical (unpaired) electrons. The number of amides is 1. The SMILES string of the molecule is COC1CCC2OCCN(C(=O)c3ccc(CN)cc3)C2C1. The molecule has 1 amide bonds. The third kappa shape index (κ3) is 3.02. The van der Waals surface area contributed by atoms with Gasteiger partial charge in [-0.3, -0.25) is 4.79 Å². The lowest BCUT2D eigenvalue weighted by atomic mass is 9.87. The Morgan fingerprint density at radius 3 is 2.82 bits per heavy atom. The minimum absolute atomic E-state index is 0.0821. The first kappa shape index (κ1) is 15.5. The Hall–Kier alpha value is -1.43. The summed E-state index contributed by atoms with van der Waals surface area (Å²) in [6, 6.07) is 7.69. The lowest BCUT2D eigenvalue weighted by molar-refractivity contribution is -0.101. The molecular weight excluding hydrogens is 280 g/mol. The fraction of sp³-hybridized carbons (Fsp3) is 0.588. The Labute approximate surface area is 131 Å². The molecule has 1 aromatic carbocycles. The quantitative estimate of drug-likeness (QED) is 0.920. The molecule has 0 spiro atoms. The Bertz CT molecular complexity index is 517. The molecule has 2 fully saturated rings. The van der Waals surface area contributed by atoms with Gasteiger partial charge in [0.25, 0.3) is 5.91 Å². The molecule has 120 valence electrons. The first-order valence-corrected chi connectivity index (χ1v) is 7.97. The fourth-order valence-electron chi connectivity index (χ4n) is 3.49. The molecule has 0 aromatic heterocycles. The predicted molar refractivity (Wildman–Crippen MR) is 83.5 cm³/mol. The van der Waals surface area contributed by atoms with Gasteiger partial charge in [-0.05, 0) is 37.0 Å². The molecule has 1 aliphatic heterocycles. The number of ether oxygens (including phenoxy) is 2. The van der Waals surface area contributed by atoms with Gasteiger partial charge in [0.15, 0.2) is 0 Å².